The van der Waals surface area contributed by atoms with Crippen LogP contribution in [0.25, 0.3) is 0 Å². The number of nitrogens with two attached hydrogens (primary N) is 1. The van der Waals surface area contributed by atoms with E-state index in [0.29, 0.717) is 12.2 Å². The van der Waals surface area contributed by atoms with Crippen molar-refractivity contribution < 1.29 is 9.53 Å². The van der Waals surface area contributed by atoms with Crippen molar-refractivity contribution in [3.63, 3.8) is 0 Å². The highest BCUT2D eigenvalue weighted by Crippen LogP contribution is 2.12. The van der Waals surface area contributed by atoms with Crippen LogP contribution in [-0.4, -0.2) is 42.6 Å². The minimum Gasteiger partial charge on any atom is -0.366 e. The molecule has 1 aliphatic heterocycles. The second kappa shape index (κ2) is 6.18. The number of alkyl halides is 1. The number of hydrogen-bond donors (Lipinski definition) is 1. The first kappa shape index (κ1) is 13.3. The highest BCUT2D eigenvalue weighted by molar-refractivity contribution is 6.19. The fourth-order valence-corrected chi connectivity index (χ4v) is 2.40. The van der Waals surface area contributed by atoms with Gasteiger partial charge in [-0.1, -0.05) is 29.8 Å². The van der Waals surface area contributed by atoms with E-state index in [4.69, 9.17) is 22.1 Å². The molecule has 2 N–H and O–H groups in total. The first-order chi connectivity index (χ1) is 8.66. The van der Waals surface area contributed by atoms with Gasteiger partial charge in [0, 0.05) is 25.2 Å². The van der Waals surface area contributed by atoms with Crippen LogP contribution in [0.3, 0.4) is 0 Å². The van der Waals surface area contributed by atoms with Crippen molar-refractivity contribution in [2.45, 2.75) is 12.0 Å². The van der Waals surface area contributed by atoms with Crippen LogP contribution < -0.4 is 5.73 Å². The lowest BCUT2D eigenvalue weighted by molar-refractivity contribution is 0.0146. The predicted molar refractivity (Wildman–Crippen MR) is 70.7 cm³/mol. The molecule has 0 bridgehead atoms. The molecular weight excluding hydrogens is 252 g/mol. The zero-order valence-corrected chi connectivity index (χ0v) is 10.9. The van der Waals surface area contributed by atoms with Crippen molar-refractivity contribution in [2.75, 3.05) is 26.2 Å². The Bertz CT molecular complexity index is 425. The normalized spacial score (nSPS) is 20.8. The number of primary amides is 1. The summed E-state index contributed by atoms with van der Waals surface area (Å²) in [6.45, 7) is 3.12. The summed E-state index contributed by atoms with van der Waals surface area (Å²) in [6.07, 6.45) is 0.794. The quantitative estimate of drug-likeness (QED) is 0.836. The van der Waals surface area contributed by atoms with E-state index in [-0.39, 0.29) is 11.5 Å². The molecule has 0 radical (unpaired) electrons. The van der Waals surface area contributed by atoms with Gasteiger partial charge in [-0.15, -0.1) is 0 Å². The van der Waals surface area contributed by atoms with Crippen LogP contribution in [0.1, 0.15) is 15.9 Å². The summed E-state index contributed by atoms with van der Waals surface area (Å²) in [4.78, 5) is 13.5. The Kier molecular flexibility index (Phi) is 4.58. The summed E-state index contributed by atoms with van der Waals surface area (Å²) in [5.74, 6) is -0.372. The molecule has 1 atom stereocenters. The molecule has 1 aromatic carbocycles. The monoisotopic (exact) mass is 268 g/mol. The van der Waals surface area contributed by atoms with Crippen LogP contribution in [0.15, 0.2) is 24.3 Å². The highest BCUT2D eigenvalue weighted by atomic mass is 35.5. The SMILES string of the molecule is NC(=O)c1ccccc1CCN1CCOC(Cl)C1. The van der Waals surface area contributed by atoms with Gasteiger partial charge in [-0.25, -0.2) is 0 Å². The summed E-state index contributed by atoms with van der Waals surface area (Å²) in [7, 11) is 0. The molecule has 0 saturated carbocycles. The van der Waals surface area contributed by atoms with Crippen LogP contribution in [0.5, 0.6) is 0 Å². The van der Waals surface area contributed by atoms with Crippen LogP contribution in [0.4, 0.5) is 0 Å². The van der Waals surface area contributed by atoms with Gasteiger partial charge in [-0.3, -0.25) is 9.69 Å². The number of carbonyl (C=O) groups excluding carboxylic acids is 1. The van der Waals surface area contributed by atoms with E-state index in [1.165, 1.54) is 0 Å². The average molecular weight is 269 g/mol. The predicted octanol–water partition coefficient (Wildman–Crippen LogP) is 1.23. The Morgan fingerprint density at radius 3 is 3.00 bits per heavy atom. The van der Waals surface area contributed by atoms with Crippen molar-refractivity contribution in [1.29, 1.82) is 0 Å². The number of nitrogens with zero attached hydrogens (tertiary/aromatic N) is 1. The second-order valence-electron chi connectivity index (χ2n) is 4.35. The molecule has 1 amide bonds. The number of morpholine rings is 1. The number of benzene rings is 1. The molecule has 4 nitrogen and oxygen atoms in total. The first-order valence-electron chi connectivity index (χ1n) is 6.02. The summed E-state index contributed by atoms with van der Waals surface area (Å²) in [5, 5.41) is 0. The molecule has 2 rings (SSSR count). The molecule has 1 heterocycles. The maximum absolute atomic E-state index is 11.3. The fourth-order valence-electron chi connectivity index (χ4n) is 2.12. The van der Waals surface area contributed by atoms with Crippen LogP contribution in [-0.2, 0) is 11.2 Å². The molecule has 1 saturated heterocycles. The lowest BCUT2D eigenvalue weighted by Gasteiger charge is -2.29. The van der Waals surface area contributed by atoms with E-state index in [0.717, 1.165) is 31.6 Å². The standard InChI is InChI=1S/C13H17ClN2O2/c14-12-9-16(7-8-18-12)6-5-10-3-1-2-4-11(10)13(15)17/h1-4,12H,5-9H2,(H2,15,17). The van der Waals surface area contributed by atoms with Gasteiger partial charge in [0.05, 0.1) is 6.61 Å². The molecule has 98 valence electrons. The number of rotatable bonds is 4. The highest BCUT2D eigenvalue weighted by Gasteiger charge is 2.18. The third-order valence-electron chi connectivity index (χ3n) is 3.09. The van der Waals surface area contributed by atoms with Crippen molar-refractivity contribution >= 4 is 17.5 Å². The number of carbonyl (C=O) groups is 1. The van der Waals surface area contributed by atoms with Gasteiger partial charge in [0.25, 0.3) is 0 Å². The van der Waals surface area contributed by atoms with Crippen molar-refractivity contribution in [1.82, 2.24) is 4.90 Å². The Morgan fingerprint density at radius 1 is 1.50 bits per heavy atom. The van der Waals surface area contributed by atoms with Crippen LogP contribution in [0.2, 0.25) is 0 Å². The Hall–Kier alpha value is -1.10. The van der Waals surface area contributed by atoms with E-state index in [1.54, 1.807) is 6.07 Å². The number of hydrogen-bond acceptors (Lipinski definition) is 3. The summed E-state index contributed by atoms with van der Waals surface area (Å²) < 4.78 is 5.27. The molecule has 1 fully saturated rings. The largest absolute Gasteiger partial charge is 0.366 e. The van der Waals surface area contributed by atoms with Gasteiger partial charge in [0.2, 0.25) is 5.91 Å². The van der Waals surface area contributed by atoms with E-state index in [9.17, 15) is 4.79 Å². The summed E-state index contributed by atoms with van der Waals surface area (Å²) >= 11 is 5.94. The minimum atomic E-state index is -0.372. The third-order valence-corrected chi connectivity index (χ3v) is 3.35. The molecule has 0 spiro atoms. The molecule has 1 unspecified atom stereocenters. The van der Waals surface area contributed by atoms with E-state index in [1.807, 2.05) is 18.2 Å². The average Bonchev–Trinajstić information content (AvgIpc) is 2.37. The fraction of sp³-hybridized carbons (Fsp3) is 0.462. The van der Waals surface area contributed by atoms with Gasteiger partial charge < -0.3 is 10.5 Å². The van der Waals surface area contributed by atoms with E-state index in [2.05, 4.69) is 4.90 Å². The molecule has 5 heteroatoms. The van der Waals surface area contributed by atoms with Gasteiger partial charge in [-0.2, -0.15) is 0 Å². The van der Waals surface area contributed by atoms with E-state index < -0.39 is 0 Å². The zero-order chi connectivity index (χ0) is 13.0. The molecule has 0 aromatic heterocycles. The maximum atomic E-state index is 11.3. The van der Waals surface area contributed by atoms with Gasteiger partial charge in [0.15, 0.2) is 0 Å². The smallest absolute Gasteiger partial charge is 0.248 e. The minimum absolute atomic E-state index is 0.231. The lowest BCUT2D eigenvalue weighted by Crippen LogP contribution is -2.41. The van der Waals surface area contributed by atoms with Crippen LogP contribution >= 0.6 is 11.6 Å². The summed E-state index contributed by atoms with van der Waals surface area (Å²) in [5.41, 5.74) is 6.71. The van der Waals surface area contributed by atoms with Crippen molar-refractivity contribution in [3.05, 3.63) is 35.4 Å². The second-order valence-corrected chi connectivity index (χ2v) is 4.84. The van der Waals surface area contributed by atoms with Gasteiger partial charge >= 0.3 is 0 Å². The molecule has 1 aliphatic rings. The van der Waals surface area contributed by atoms with Crippen molar-refractivity contribution in [2.24, 2.45) is 5.73 Å². The maximum Gasteiger partial charge on any atom is 0.248 e. The van der Waals surface area contributed by atoms with Gasteiger partial charge in [0.1, 0.15) is 5.56 Å². The molecule has 0 aliphatic carbocycles. The van der Waals surface area contributed by atoms with Gasteiger partial charge in [-0.05, 0) is 18.1 Å². The van der Waals surface area contributed by atoms with Crippen LogP contribution in [0, 0.1) is 0 Å². The molecular formula is C13H17ClN2O2. The van der Waals surface area contributed by atoms with Crippen molar-refractivity contribution in [3.8, 4) is 0 Å². The summed E-state index contributed by atoms with van der Waals surface area (Å²) in [6, 6.07) is 7.46. The number of ether oxygens (including phenoxy) is 1. The Labute approximate surface area is 112 Å². The Balaban J connectivity index is 1.95. The zero-order valence-electron chi connectivity index (χ0n) is 10.1. The first-order valence-corrected chi connectivity index (χ1v) is 6.46. The number of halogens is 1. The topological polar surface area (TPSA) is 55.6 Å². The Morgan fingerprint density at radius 2 is 2.28 bits per heavy atom. The molecule has 1 aromatic rings. The molecule has 18 heavy (non-hydrogen) atoms. The third kappa shape index (κ3) is 3.45. The number of amides is 1. The lowest BCUT2D eigenvalue weighted by atomic mass is 10.0. The van der Waals surface area contributed by atoms with E-state index >= 15 is 0 Å².